The van der Waals surface area contributed by atoms with Gasteiger partial charge in [-0.15, -0.1) is 23.1 Å². The number of nitrogens with zero attached hydrogens (tertiary/aromatic N) is 1. The molecule has 1 atom stereocenters. The standard InChI is InChI=1S/C43H42N4O7S3/c1-5-53-41(51)35-32-19-21-47(42(52)54-43(2,3)4)25-34(32)57-40(35)46-39(50)36(28-13-8-6-9-14-28)56-31-18-12-17-30(24-31)44-38(49)33(23-27-20-22-55-26-27)45-37(48)29-15-10-7-11-16-29/h6-18,20,22-24,26,36H,5,19,21,25H2,1-4H3,(H,44,49)(H,45,48)(H,46,50)/b33-23-. The number of fused-ring (bicyclic) bond motifs is 1. The maximum absolute atomic E-state index is 14.3. The molecule has 294 valence electrons. The van der Waals surface area contributed by atoms with E-state index in [0.717, 1.165) is 16.0 Å². The summed E-state index contributed by atoms with van der Waals surface area (Å²) in [4.78, 5) is 70.4. The summed E-state index contributed by atoms with van der Waals surface area (Å²) < 4.78 is 11.0. The molecule has 3 N–H and O–H groups in total. The van der Waals surface area contributed by atoms with Gasteiger partial charge in [0.2, 0.25) is 5.91 Å². The fourth-order valence-corrected chi connectivity index (χ4v) is 8.87. The summed E-state index contributed by atoms with van der Waals surface area (Å²) in [7, 11) is 0. The zero-order valence-electron chi connectivity index (χ0n) is 31.8. The van der Waals surface area contributed by atoms with Crippen molar-refractivity contribution in [1.29, 1.82) is 0 Å². The summed E-state index contributed by atoms with van der Waals surface area (Å²) in [5.74, 6) is -1.87. The number of benzene rings is 3. The Kier molecular flexibility index (Phi) is 13.3. The van der Waals surface area contributed by atoms with E-state index in [9.17, 15) is 24.0 Å². The summed E-state index contributed by atoms with van der Waals surface area (Å²) in [6.07, 6.45) is 1.56. The first-order valence-corrected chi connectivity index (χ1v) is 20.9. The number of esters is 1. The molecule has 3 heterocycles. The Balaban J connectivity index is 1.24. The molecule has 11 nitrogen and oxygen atoms in total. The third kappa shape index (κ3) is 10.8. The summed E-state index contributed by atoms with van der Waals surface area (Å²) in [5.41, 5.74) is 2.77. The minimum Gasteiger partial charge on any atom is -0.462 e. The van der Waals surface area contributed by atoms with Gasteiger partial charge in [0.05, 0.1) is 18.7 Å². The number of carbonyl (C=O) groups excluding carboxylic acids is 5. The Morgan fingerprint density at radius 1 is 0.930 bits per heavy atom. The van der Waals surface area contributed by atoms with Gasteiger partial charge in [0.15, 0.2) is 0 Å². The zero-order valence-corrected chi connectivity index (χ0v) is 34.3. The molecule has 0 radical (unpaired) electrons. The van der Waals surface area contributed by atoms with Gasteiger partial charge in [-0.25, -0.2) is 9.59 Å². The van der Waals surface area contributed by atoms with Gasteiger partial charge in [-0.05, 0) is 104 Å². The predicted molar refractivity (Wildman–Crippen MR) is 226 cm³/mol. The van der Waals surface area contributed by atoms with Gasteiger partial charge in [-0.3, -0.25) is 14.4 Å². The van der Waals surface area contributed by atoms with Crippen molar-refractivity contribution in [2.75, 3.05) is 23.8 Å². The number of hydrogen-bond donors (Lipinski definition) is 3. The van der Waals surface area contributed by atoms with E-state index in [1.165, 1.54) is 34.4 Å². The second-order valence-corrected chi connectivity index (χ2v) is 17.0. The van der Waals surface area contributed by atoms with Crippen LogP contribution in [0.4, 0.5) is 15.5 Å². The largest absolute Gasteiger partial charge is 0.462 e. The third-order valence-corrected chi connectivity index (χ3v) is 11.6. The fraction of sp³-hybridized carbons (Fsp3) is 0.233. The van der Waals surface area contributed by atoms with Gasteiger partial charge in [0.25, 0.3) is 11.8 Å². The SMILES string of the molecule is CCOC(=O)c1c(NC(=O)C(Sc2cccc(NC(=O)/C(=C/c3ccsc3)NC(=O)c3ccccc3)c2)c2ccccc2)sc2c1CCN(C(=O)OC(C)(C)C)C2. The highest BCUT2D eigenvalue weighted by Crippen LogP contribution is 2.41. The third-order valence-electron chi connectivity index (χ3n) is 8.49. The molecule has 1 aliphatic heterocycles. The molecule has 0 aliphatic carbocycles. The van der Waals surface area contributed by atoms with E-state index in [-0.39, 0.29) is 24.8 Å². The highest BCUT2D eigenvalue weighted by atomic mass is 32.2. The lowest BCUT2D eigenvalue weighted by molar-refractivity contribution is -0.116. The quantitative estimate of drug-likeness (QED) is 0.0643. The van der Waals surface area contributed by atoms with Gasteiger partial charge in [0, 0.05) is 27.6 Å². The molecule has 1 aliphatic rings. The van der Waals surface area contributed by atoms with Crippen LogP contribution >= 0.6 is 34.4 Å². The summed E-state index contributed by atoms with van der Waals surface area (Å²) in [5, 5.41) is 12.0. The van der Waals surface area contributed by atoms with Crippen LogP contribution in [0.3, 0.4) is 0 Å². The molecule has 0 bridgehead atoms. The number of nitrogens with one attached hydrogen (secondary N) is 3. The smallest absolute Gasteiger partial charge is 0.410 e. The molecular formula is C43H42N4O7S3. The Labute approximate surface area is 343 Å². The van der Waals surface area contributed by atoms with E-state index in [2.05, 4.69) is 16.0 Å². The first-order valence-electron chi connectivity index (χ1n) is 18.2. The van der Waals surface area contributed by atoms with Gasteiger partial charge in [-0.2, -0.15) is 11.3 Å². The molecule has 57 heavy (non-hydrogen) atoms. The minimum atomic E-state index is -0.774. The monoisotopic (exact) mass is 822 g/mol. The molecule has 14 heteroatoms. The van der Waals surface area contributed by atoms with Crippen LogP contribution in [-0.4, -0.2) is 53.4 Å². The number of anilines is 2. The number of ether oxygens (including phenoxy) is 2. The number of hydrogen-bond acceptors (Lipinski definition) is 10. The average molecular weight is 823 g/mol. The summed E-state index contributed by atoms with van der Waals surface area (Å²) in [6, 6.07) is 26.8. The van der Waals surface area contributed by atoms with Crippen LogP contribution in [-0.2, 0) is 32.0 Å². The molecule has 6 rings (SSSR count). The van der Waals surface area contributed by atoms with Crippen molar-refractivity contribution in [1.82, 2.24) is 10.2 Å². The van der Waals surface area contributed by atoms with Crippen molar-refractivity contribution in [2.24, 2.45) is 0 Å². The van der Waals surface area contributed by atoms with E-state index in [1.807, 2.05) is 53.2 Å². The van der Waals surface area contributed by atoms with Crippen LogP contribution in [0.2, 0.25) is 0 Å². The summed E-state index contributed by atoms with van der Waals surface area (Å²) >= 11 is 3.99. The molecule has 0 fully saturated rings. The lowest BCUT2D eigenvalue weighted by Gasteiger charge is -2.30. The average Bonchev–Trinajstić information content (AvgIpc) is 3.84. The summed E-state index contributed by atoms with van der Waals surface area (Å²) in [6.45, 7) is 7.87. The Morgan fingerprint density at radius 2 is 1.67 bits per heavy atom. The fourth-order valence-electron chi connectivity index (χ4n) is 5.92. The lowest BCUT2D eigenvalue weighted by atomic mass is 10.0. The van der Waals surface area contributed by atoms with Crippen LogP contribution < -0.4 is 16.0 Å². The molecule has 4 amide bonds. The minimum absolute atomic E-state index is 0.0621. The lowest BCUT2D eigenvalue weighted by Crippen LogP contribution is -2.39. The van der Waals surface area contributed by atoms with E-state index in [1.54, 1.807) is 87.2 Å². The molecule has 2 aromatic heterocycles. The molecule has 3 aromatic carbocycles. The number of thioether (sulfide) groups is 1. The number of carbonyl (C=O) groups is 5. The normalized spacial score (nSPS) is 13.2. The molecule has 5 aromatic rings. The van der Waals surface area contributed by atoms with Crippen molar-refractivity contribution in [2.45, 2.75) is 56.4 Å². The van der Waals surface area contributed by atoms with E-state index in [4.69, 9.17) is 9.47 Å². The molecule has 0 spiro atoms. The Bertz CT molecular complexity index is 2270. The van der Waals surface area contributed by atoms with Gasteiger partial charge in [0.1, 0.15) is 21.5 Å². The van der Waals surface area contributed by atoms with Crippen molar-refractivity contribution >= 4 is 81.0 Å². The van der Waals surface area contributed by atoms with Gasteiger partial charge >= 0.3 is 12.1 Å². The molecular weight excluding hydrogens is 781 g/mol. The highest BCUT2D eigenvalue weighted by molar-refractivity contribution is 8.00. The maximum atomic E-state index is 14.3. The van der Waals surface area contributed by atoms with Crippen molar-refractivity contribution in [3.8, 4) is 0 Å². The predicted octanol–water partition coefficient (Wildman–Crippen LogP) is 9.16. The Hall–Kier alpha value is -5.70. The molecule has 0 saturated carbocycles. The number of amides is 4. The number of rotatable bonds is 12. The zero-order chi connectivity index (χ0) is 40.5. The first-order chi connectivity index (χ1) is 27.4. The highest BCUT2D eigenvalue weighted by Gasteiger charge is 2.34. The van der Waals surface area contributed by atoms with Crippen LogP contribution in [0.1, 0.15) is 75.2 Å². The van der Waals surface area contributed by atoms with Crippen molar-refractivity contribution in [3.05, 3.63) is 140 Å². The molecule has 0 saturated heterocycles. The first kappa shape index (κ1) is 40.9. The van der Waals surface area contributed by atoms with E-state index >= 15 is 0 Å². The second-order valence-electron chi connectivity index (χ2n) is 13.9. The van der Waals surface area contributed by atoms with Crippen LogP contribution in [0.15, 0.2) is 112 Å². The number of thiophene rings is 2. The van der Waals surface area contributed by atoms with E-state index < -0.39 is 34.7 Å². The molecule has 1 unspecified atom stereocenters. The Morgan fingerprint density at radius 3 is 2.35 bits per heavy atom. The van der Waals surface area contributed by atoms with Crippen LogP contribution in [0, 0.1) is 0 Å². The van der Waals surface area contributed by atoms with Gasteiger partial charge in [-0.1, -0.05) is 54.6 Å². The topological polar surface area (TPSA) is 143 Å². The second kappa shape index (κ2) is 18.5. The van der Waals surface area contributed by atoms with Crippen molar-refractivity contribution < 1.29 is 33.4 Å². The van der Waals surface area contributed by atoms with Gasteiger partial charge < -0.3 is 30.3 Å². The van der Waals surface area contributed by atoms with Crippen molar-refractivity contribution in [3.63, 3.8) is 0 Å². The maximum Gasteiger partial charge on any atom is 0.410 e. The van der Waals surface area contributed by atoms with Crippen LogP contribution in [0.25, 0.3) is 6.08 Å². The van der Waals surface area contributed by atoms with E-state index in [0.29, 0.717) is 45.2 Å². The van der Waals surface area contributed by atoms with Crippen LogP contribution in [0.5, 0.6) is 0 Å².